The Bertz CT molecular complexity index is 1440. The van der Waals surface area contributed by atoms with Crippen LogP contribution < -0.4 is 15.5 Å². The Morgan fingerprint density at radius 2 is 1.37 bits per heavy atom. The monoisotopic (exact) mass is 531 g/mol. The number of nitrogens with one attached hydrogen (secondary N) is 2. The molecular weight excluding hydrogens is 506 g/mol. The van der Waals surface area contributed by atoms with Crippen molar-refractivity contribution in [1.82, 2.24) is 0 Å². The number of nitrogens with zero attached hydrogens (tertiary/aromatic N) is 1. The van der Waals surface area contributed by atoms with Crippen LogP contribution in [0.4, 0.5) is 17.1 Å². The van der Waals surface area contributed by atoms with Crippen LogP contribution in [0, 0.1) is 13.8 Å². The molecule has 4 rings (SSSR count). The van der Waals surface area contributed by atoms with Crippen LogP contribution in [0.5, 0.6) is 0 Å². The maximum atomic E-state index is 13.1. The Morgan fingerprint density at radius 3 is 1.95 bits per heavy atom. The number of carbonyl (C=O) groups excluding carboxylic acids is 4. The molecule has 1 aliphatic rings. The number of imide groups is 1. The molecule has 0 saturated heterocycles. The molecular formula is C29H26ClN3O5. The van der Waals surface area contributed by atoms with E-state index >= 15 is 0 Å². The molecule has 9 heteroatoms. The van der Waals surface area contributed by atoms with Gasteiger partial charge >= 0.3 is 5.97 Å². The van der Waals surface area contributed by atoms with Gasteiger partial charge in [0, 0.05) is 16.9 Å². The van der Waals surface area contributed by atoms with Gasteiger partial charge in [-0.05, 0) is 99.5 Å². The maximum Gasteiger partial charge on any atom is 0.338 e. The lowest BCUT2D eigenvalue weighted by molar-refractivity contribution is -0.120. The van der Waals surface area contributed by atoms with Crippen LogP contribution in [0.1, 0.15) is 45.7 Å². The highest BCUT2D eigenvalue weighted by Crippen LogP contribution is 2.31. The van der Waals surface area contributed by atoms with Gasteiger partial charge in [0.1, 0.15) is 10.7 Å². The Kier molecular flexibility index (Phi) is 7.64. The summed E-state index contributed by atoms with van der Waals surface area (Å²) in [6, 6.07) is 18.2. The molecule has 2 N–H and O–H groups in total. The molecule has 0 atom stereocenters. The largest absolute Gasteiger partial charge is 0.459 e. The molecule has 38 heavy (non-hydrogen) atoms. The fraction of sp³-hybridized carbons (Fsp3) is 0.172. The topological polar surface area (TPSA) is 105 Å². The third-order valence-electron chi connectivity index (χ3n) is 5.63. The van der Waals surface area contributed by atoms with Gasteiger partial charge in [-0.3, -0.25) is 14.4 Å². The van der Waals surface area contributed by atoms with Crippen LogP contribution in [0.15, 0.2) is 77.5 Å². The van der Waals surface area contributed by atoms with E-state index in [9.17, 15) is 19.2 Å². The summed E-state index contributed by atoms with van der Waals surface area (Å²) >= 11 is 6.24. The highest BCUT2D eigenvalue weighted by Gasteiger charge is 2.39. The molecule has 0 fully saturated rings. The molecule has 8 nitrogen and oxygen atoms in total. The lowest BCUT2D eigenvalue weighted by Gasteiger charge is -2.16. The molecule has 0 aliphatic carbocycles. The van der Waals surface area contributed by atoms with E-state index in [4.69, 9.17) is 16.3 Å². The third kappa shape index (κ3) is 5.76. The Morgan fingerprint density at radius 1 is 0.816 bits per heavy atom. The van der Waals surface area contributed by atoms with E-state index in [0.29, 0.717) is 28.2 Å². The fourth-order valence-electron chi connectivity index (χ4n) is 3.95. The molecule has 0 unspecified atom stereocenters. The molecule has 1 heterocycles. The number of esters is 1. The quantitative estimate of drug-likeness (QED) is 0.305. The summed E-state index contributed by atoms with van der Waals surface area (Å²) in [5, 5.41) is 5.46. The highest BCUT2D eigenvalue weighted by molar-refractivity contribution is 6.53. The van der Waals surface area contributed by atoms with Crippen LogP contribution in [0.25, 0.3) is 0 Å². The number of benzene rings is 3. The van der Waals surface area contributed by atoms with Crippen molar-refractivity contribution in [1.29, 1.82) is 0 Å². The molecule has 1 aliphatic heterocycles. The van der Waals surface area contributed by atoms with Crippen molar-refractivity contribution in [2.24, 2.45) is 0 Å². The van der Waals surface area contributed by atoms with Gasteiger partial charge < -0.3 is 15.4 Å². The molecule has 194 valence electrons. The average Bonchev–Trinajstić information content (AvgIpc) is 3.06. The minimum atomic E-state index is -0.608. The summed E-state index contributed by atoms with van der Waals surface area (Å²) in [5.74, 6) is -1.97. The summed E-state index contributed by atoms with van der Waals surface area (Å²) in [6.07, 6.45) is -0.227. The van der Waals surface area contributed by atoms with E-state index in [0.717, 1.165) is 16.0 Å². The van der Waals surface area contributed by atoms with Crippen molar-refractivity contribution in [3.63, 3.8) is 0 Å². The van der Waals surface area contributed by atoms with Gasteiger partial charge in [-0.2, -0.15) is 0 Å². The number of anilines is 3. The van der Waals surface area contributed by atoms with Crippen LogP contribution >= 0.6 is 11.6 Å². The number of hydrogen-bond acceptors (Lipinski definition) is 6. The number of aryl methyl sites for hydroxylation is 2. The summed E-state index contributed by atoms with van der Waals surface area (Å²) in [7, 11) is 0. The normalized spacial score (nSPS) is 13.3. The molecule has 3 aromatic carbocycles. The molecule has 0 saturated carbocycles. The number of hydrogen-bond donors (Lipinski definition) is 2. The standard InChI is InChI=1S/C29H26ClN3O5/c1-16(2)38-29(37)20-7-11-22(12-8-20)32-26(34)19-5-9-21(10-6-19)31-25-24(30)27(35)33(28(25)36)23-14-17(3)13-18(4)15-23/h5-16,31H,1-4H3,(H,32,34). The van der Waals surface area contributed by atoms with E-state index in [1.165, 1.54) is 0 Å². The second kappa shape index (κ2) is 10.9. The van der Waals surface area contributed by atoms with Gasteiger partial charge in [0.25, 0.3) is 17.7 Å². The predicted octanol–water partition coefficient (Wildman–Crippen LogP) is 5.56. The minimum Gasteiger partial charge on any atom is -0.459 e. The number of rotatable bonds is 7. The van der Waals surface area contributed by atoms with E-state index in [-0.39, 0.29) is 22.7 Å². The van der Waals surface area contributed by atoms with Gasteiger partial charge in [0.2, 0.25) is 0 Å². The highest BCUT2D eigenvalue weighted by atomic mass is 35.5. The lowest BCUT2D eigenvalue weighted by Crippen LogP contribution is -2.32. The van der Waals surface area contributed by atoms with E-state index < -0.39 is 17.8 Å². The number of halogens is 1. The first-order valence-electron chi connectivity index (χ1n) is 11.9. The molecule has 3 aromatic rings. The Labute approximate surface area is 225 Å². The van der Waals surface area contributed by atoms with Crippen molar-refractivity contribution in [2.45, 2.75) is 33.8 Å². The lowest BCUT2D eigenvalue weighted by atomic mass is 10.1. The van der Waals surface area contributed by atoms with Crippen molar-refractivity contribution < 1.29 is 23.9 Å². The van der Waals surface area contributed by atoms with Gasteiger partial charge in [-0.1, -0.05) is 17.7 Å². The zero-order chi connectivity index (χ0) is 27.6. The summed E-state index contributed by atoms with van der Waals surface area (Å²) < 4.78 is 5.16. The number of ether oxygens (including phenoxy) is 1. The first-order chi connectivity index (χ1) is 18.0. The van der Waals surface area contributed by atoms with Gasteiger partial charge in [0.15, 0.2) is 0 Å². The van der Waals surface area contributed by atoms with Gasteiger partial charge in [-0.25, -0.2) is 9.69 Å². The van der Waals surface area contributed by atoms with Gasteiger partial charge in [0.05, 0.1) is 17.4 Å². The molecule has 0 spiro atoms. The third-order valence-corrected chi connectivity index (χ3v) is 5.98. The molecule has 0 radical (unpaired) electrons. The average molecular weight is 532 g/mol. The van der Waals surface area contributed by atoms with Crippen LogP contribution in [0.2, 0.25) is 0 Å². The Hall–Kier alpha value is -4.43. The maximum absolute atomic E-state index is 13.1. The SMILES string of the molecule is Cc1cc(C)cc(N2C(=O)C(Cl)=C(Nc3ccc(C(=O)Nc4ccc(C(=O)OC(C)C)cc4)cc3)C2=O)c1. The summed E-state index contributed by atoms with van der Waals surface area (Å²) in [4.78, 5) is 51.5. The van der Waals surface area contributed by atoms with E-state index in [2.05, 4.69) is 10.6 Å². The van der Waals surface area contributed by atoms with Crippen molar-refractivity contribution in [3.8, 4) is 0 Å². The summed E-state index contributed by atoms with van der Waals surface area (Å²) in [5.41, 5.74) is 3.98. The van der Waals surface area contributed by atoms with E-state index in [1.807, 2.05) is 19.9 Å². The van der Waals surface area contributed by atoms with Crippen molar-refractivity contribution >= 4 is 52.4 Å². The molecule has 3 amide bonds. The van der Waals surface area contributed by atoms with E-state index in [1.54, 1.807) is 74.5 Å². The van der Waals surface area contributed by atoms with Gasteiger partial charge in [-0.15, -0.1) is 0 Å². The van der Waals surface area contributed by atoms with Crippen LogP contribution in [0.3, 0.4) is 0 Å². The number of carbonyl (C=O) groups is 4. The minimum absolute atomic E-state index is 0.0379. The first-order valence-corrected chi connectivity index (χ1v) is 12.3. The predicted molar refractivity (Wildman–Crippen MR) is 146 cm³/mol. The van der Waals surface area contributed by atoms with Crippen molar-refractivity contribution in [3.05, 3.63) is 99.7 Å². The molecule has 0 aromatic heterocycles. The second-order valence-corrected chi connectivity index (χ2v) is 9.55. The van der Waals surface area contributed by atoms with Crippen LogP contribution in [-0.4, -0.2) is 29.8 Å². The zero-order valence-corrected chi connectivity index (χ0v) is 22.1. The number of amides is 3. The fourth-order valence-corrected chi connectivity index (χ4v) is 4.16. The first kappa shape index (κ1) is 26.6. The van der Waals surface area contributed by atoms with Crippen LogP contribution in [-0.2, 0) is 14.3 Å². The Balaban J connectivity index is 1.42. The summed E-state index contributed by atoms with van der Waals surface area (Å²) in [6.45, 7) is 7.30. The van der Waals surface area contributed by atoms with Crippen molar-refractivity contribution in [2.75, 3.05) is 15.5 Å². The molecule has 0 bridgehead atoms. The smallest absolute Gasteiger partial charge is 0.338 e. The zero-order valence-electron chi connectivity index (χ0n) is 21.3. The second-order valence-electron chi connectivity index (χ2n) is 9.17.